The quantitative estimate of drug-likeness (QED) is 0.603. The fraction of sp³-hybridized carbons (Fsp3) is 0.600. The summed E-state index contributed by atoms with van der Waals surface area (Å²) in [4.78, 5) is 45.2. The summed E-state index contributed by atoms with van der Waals surface area (Å²) >= 11 is 0. The van der Waals surface area contributed by atoms with Crippen LogP contribution in [0.3, 0.4) is 0 Å². The van der Waals surface area contributed by atoms with E-state index in [1.807, 2.05) is 0 Å². The van der Waals surface area contributed by atoms with Gasteiger partial charge in [-0.25, -0.2) is 4.79 Å². The normalized spacial score (nSPS) is 20.6. The summed E-state index contributed by atoms with van der Waals surface area (Å²) in [7, 11) is 1.17. The van der Waals surface area contributed by atoms with Gasteiger partial charge in [-0.2, -0.15) is 0 Å². The minimum atomic E-state index is -1.45. The largest absolute Gasteiger partial charge is 0.481 e. The lowest BCUT2D eigenvalue weighted by Crippen LogP contribution is -2.43. The molecule has 0 radical (unpaired) electrons. The van der Waals surface area contributed by atoms with Gasteiger partial charge >= 0.3 is 17.9 Å². The van der Waals surface area contributed by atoms with Gasteiger partial charge in [-0.1, -0.05) is 0 Å². The van der Waals surface area contributed by atoms with Crippen LogP contribution in [0.5, 0.6) is 0 Å². The number of nitrogens with zero attached hydrogens (tertiary/aromatic N) is 1. The Labute approximate surface area is 102 Å². The Morgan fingerprint density at radius 2 is 2.06 bits per heavy atom. The van der Waals surface area contributed by atoms with Crippen molar-refractivity contribution in [2.75, 3.05) is 13.7 Å². The fourth-order valence-corrected chi connectivity index (χ4v) is 1.85. The van der Waals surface area contributed by atoms with Crippen molar-refractivity contribution < 1.29 is 34.1 Å². The summed E-state index contributed by atoms with van der Waals surface area (Å²) in [5, 5.41) is 17.5. The molecule has 0 bridgehead atoms. The predicted octanol–water partition coefficient (Wildman–Crippen LogP) is -1.06. The summed E-state index contributed by atoms with van der Waals surface area (Å²) in [6.07, 6.45) is -0.856. The topological polar surface area (TPSA) is 121 Å². The standard InChI is InChI=1S/C10H13NO7/c1-18-10(17)5-2-7(12)11(4-5)6(9(15)16)3-8(13)14/h5-6H,2-4H2,1H3,(H,13,14)(H,15,16). The maximum Gasteiger partial charge on any atom is 0.327 e. The summed E-state index contributed by atoms with van der Waals surface area (Å²) in [5.41, 5.74) is 0. The van der Waals surface area contributed by atoms with Crippen molar-refractivity contribution in [3.63, 3.8) is 0 Å². The predicted molar refractivity (Wildman–Crippen MR) is 55.5 cm³/mol. The third-order valence-electron chi connectivity index (χ3n) is 2.72. The Kier molecular flexibility index (Phi) is 4.24. The number of aliphatic carboxylic acids is 2. The number of carbonyl (C=O) groups excluding carboxylic acids is 2. The van der Waals surface area contributed by atoms with Gasteiger partial charge in [-0.05, 0) is 0 Å². The van der Waals surface area contributed by atoms with E-state index in [1.165, 1.54) is 7.11 Å². The van der Waals surface area contributed by atoms with Gasteiger partial charge in [0.05, 0.1) is 19.4 Å². The van der Waals surface area contributed by atoms with E-state index in [0.29, 0.717) is 0 Å². The van der Waals surface area contributed by atoms with E-state index in [2.05, 4.69) is 4.74 Å². The second-order valence-corrected chi connectivity index (χ2v) is 3.92. The van der Waals surface area contributed by atoms with E-state index in [4.69, 9.17) is 10.2 Å². The molecule has 0 spiro atoms. The molecule has 100 valence electrons. The van der Waals surface area contributed by atoms with Crippen LogP contribution in [0.2, 0.25) is 0 Å². The lowest BCUT2D eigenvalue weighted by Gasteiger charge is -2.22. The lowest BCUT2D eigenvalue weighted by atomic mass is 10.1. The van der Waals surface area contributed by atoms with E-state index < -0.39 is 42.2 Å². The zero-order valence-electron chi connectivity index (χ0n) is 9.66. The number of hydrogen-bond donors (Lipinski definition) is 2. The molecular formula is C10H13NO7. The van der Waals surface area contributed by atoms with Crippen molar-refractivity contribution in [2.45, 2.75) is 18.9 Å². The van der Waals surface area contributed by atoms with Crippen LogP contribution in [0.1, 0.15) is 12.8 Å². The van der Waals surface area contributed by atoms with Crippen LogP contribution < -0.4 is 0 Å². The summed E-state index contributed by atoms with van der Waals surface area (Å²) in [6, 6.07) is -1.45. The van der Waals surface area contributed by atoms with E-state index in [-0.39, 0.29) is 13.0 Å². The molecule has 0 aromatic rings. The van der Waals surface area contributed by atoms with Gasteiger partial charge in [-0.15, -0.1) is 0 Å². The Balaban J connectivity index is 2.81. The highest BCUT2D eigenvalue weighted by atomic mass is 16.5. The highest BCUT2D eigenvalue weighted by Gasteiger charge is 2.41. The van der Waals surface area contributed by atoms with Crippen molar-refractivity contribution >= 4 is 23.8 Å². The van der Waals surface area contributed by atoms with E-state index in [0.717, 1.165) is 4.90 Å². The van der Waals surface area contributed by atoms with E-state index in [9.17, 15) is 19.2 Å². The first-order chi connectivity index (χ1) is 8.36. The van der Waals surface area contributed by atoms with Crippen LogP contribution >= 0.6 is 0 Å². The lowest BCUT2D eigenvalue weighted by molar-refractivity contribution is -0.153. The molecule has 8 nitrogen and oxygen atoms in total. The van der Waals surface area contributed by atoms with Crippen molar-refractivity contribution in [2.24, 2.45) is 5.92 Å². The fourth-order valence-electron chi connectivity index (χ4n) is 1.85. The number of amides is 1. The third kappa shape index (κ3) is 2.96. The third-order valence-corrected chi connectivity index (χ3v) is 2.72. The van der Waals surface area contributed by atoms with Crippen LogP contribution in [0.25, 0.3) is 0 Å². The molecule has 1 fully saturated rings. The number of carbonyl (C=O) groups is 4. The average Bonchev–Trinajstić information content (AvgIpc) is 2.66. The van der Waals surface area contributed by atoms with E-state index in [1.54, 1.807) is 0 Å². The SMILES string of the molecule is COC(=O)C1CC(=O)N(C(CC(=O)O)C(=O)O)C1. The zero-order valence-corrected chi connectivity index (χ0v) is 9.66. The molecule has 0 aromatic heterocycles. The number of hydrogen-bond acceptors (Lipinski definition) is 5. The van der Waals surface area contributed by atoms with Crippen LogP contribution in [-0.4, -0.2) is 58.6 Å². The van der Waals surface area contributed by atoms with E-state index >= 15 is 0 Å². The van der Waals surface area contributed by atoms with Crippen LogP contribution in [0.15, 0.2) is 0 Å². The summed E-state index contributed by atoms with van der Waals surface area (Å²) < 4.78 is 4.47. The van der Waals surface area contributed by atoms with Crippen molar-refractivity contribution in [1.82, 2.24) is 4.90 Å². The summed E-state index contributed by atoms with van der Waals surface area (Å²) in [5.74, 6) is -4.63. The molecule has 0 aromatic carbocycles. The van der Waals surface area contributed by atoms with Crippen LogP contribution in [-0.2, 0) is 23.9 Å². The second kappa shape index (κ2) is 5.48. The highest BCUT2D eigenvalue weighted by Crippen LogP contribution is 2.22. The molecule has 1 aliphatic rings. The Morgan fingerprint density at radius 3 is 2.50 bits per heavy atom. The van der Waals surface area contributed by atoms with Crippen LogP contribution in [0.4, 0.5) is 0 Å². The van der Waals surface area contributed by atoms with Gasteiger partial charge < -0.3 is 19.8 Å². The highest BCUT2D eigenvalue weighted by molar-refractivity contribution is 5.91. The van der Waals surface area contributed by atoms with Gasteiger partial charge in [0.15, 0.2) is 0 Å². The van der Waals surface area contributed by atoms with Crippen LogP contribution in [0, 0.1) is 5.92 Å². The number of carboxylic acid groups (broad SMARTS) is 2. The molecule has 2 atom stereocenters. The molecule has 1 aliphatic heterocycles. The molecule has 1 saturated heterocycles. The van der Waals surface area contributed by atoms with Crippen molar-refractivity contribution in [3.05, 3.63) is 0 Å². The van der Waals surface area contributed by atoms with Gasteiger partial charge in [0, 0.05) is 13.0 Å². The Hall–Kier alpha value is -2.12. The van der Waals surface area contributed by atoms with Crippen molar-refractivity contribution in [1.29, 1.82) is 0 Å². The number of methoxy groups -OCH3 is 1. The number of rotatable bonds is 5. The average molecular weight is 259 g/mol. The minimum Gasteiger partial charge on any atom is -0.481 e. The Bertz CT molecular complexity index is 392. The van der Waals surface area contributed by atoms with Gasteiger partial charge in [0.2, 0.25) is 5.91 Å². The number of likely N-dealkylation sites (tertiary alicyclic amines) is 1. The number of esters is 1. The molecule has 1 amide bonds. The molecule has 1 rings (SSSR count). The second-order valence-electron chi connectivity index (χ2n) is 3.92. The number of ether oxygens (including phenoxy) is 1. The molecule has 18 heavy (non-hydrogen) atoms. The first kappa shape index (κ1) is 13.9. The Morgan fingerprint density at radius 1 is 1.44 bits per heavy atom. The molecule has 0 saturated carbocycles. The molecule has 2 N–H and O–H groups in total. The molecule has 2 unspecified atom stereocenters. The molecule has 8 heteroatoms. The summed E-state index contributed by atoms with van der Waals surface area (Å²) in [6.45, 7) is -0.129. The molecule has 1 heterocycles. The molecular weight excluding hydrogens is 246 g/mol. The first-order valence-electron chi connectivity index (χ1n) is 5.18. The molecule has 0 aliphatic carbocycles. The smallest absolute Gasteiger partial charge is 0.327 e. The van der Waals surface area contributed by atoms with Crippen molar-refractivity contribution in [3.8, 4) is 0 Å². The monoisotopic (exact) mass is 259 g/mol. The maximum absolute atomic E-state index is 11.6. The maximum atomic E-state index is 11.6. The number of carboxylic acids is 2. The van der Waals surface area contributed by atoms with Gasteiger partial charge in [-0.3, -0.25) is 14.4 Å². The first-order valence-corrected chi connectivity index (χ1v) is 5.18. The minimum absolute atomic E-state index is 0.129. The zero-order chi connectivity index (χ0) is 13.9. The van der Waals surface area contributed by atoms with Gasteiger partial charge in [0.25, 0.3) is 0 Å². The van der Waals surface area contributed by atoms with Gasteiger partial charge in [0.1, 0.15) is 6.04 Å².